The molecule has 2 atom stereocenters. The van der Waals surface area contributed by atoms with Crippen molar-refractivity contribution in [2.45, 2.75) is 53.0 Å². The fourth-order valence-electron chi connectivity index (χ4n) is 3.37. The highest BCUT2D eigenvalue weighted by molar-refractivity contribution is 7.46. The Morgan fingerprint density at radius 3 is 1.12 bits per heavy atom. The van der Waals surface area contributed by atoms with Gasteiger partial charge in [0.25, 0.3) is 0 Å². The zero-order chi connectivity index (χ0) is 17.8. The molecule has 0 fully saturated rings. The zero-order valence-corrected chi connectivity index (χ0v) is 17.7. The first-order valence-electron chi connectivity index (χ1n) is 8.76. The van der Waals surface area contributed by atoms with Gasteiger partial charge in [-0.15, -0.1) is 0 Å². The van der Waals surface area contributed by atoms with Crippen molar-refractivity contribution in [2.24, 2.45) is 0 Å². The Labute approximate surface area is 148 Å². The fraction of sp³-hybridized carbons (Fsp3) is 0.400. The third-order valence-electron chi connectivity index (χ3n) is 4.50. The summed E-state index contributed by atoms with van der Waals surface area (Å²) >= 11 is 0. The van der Waals surface area contributed by atoms with Crippen molar-refractivity contribution in [2.75, 3.05) is 0 Å². The molecule has 2 aromatic rings. The van der Waals surface area contributed by atoms with Crippen LogP contribution in [-0.2, 0) is 8.85 Å². The lowest BCUT2D eigenvalue weighted by Gasteiger charge is -2.44. The second-order valence-corrected chi connectivity index (χ2v) is 18.6. The second kappa shape index (κ2) is 7.78. The first-order valence-corrected chi connectivity index (χ1v) is 14.6. The molecule has 0 aliphatic rings. The maximum absolute atomic E-state index is 6.72. The Bertz CT molecular complexity index is 573. The van der Waals surface area contributed by atoms with Gasteiger partial charge in [0, 0.05) is 12.2 Å². The molecular formula is C20H30O2Si2. The Balaban J connectivity index is 2.65. The molecule has 0 spiro atoms. The van der Waals surface area contributed by atoms with E-state index in [1.807, 2.05) is 0 Å². The largest absolute Gasteiger partial charge is 0.410 e. The molecule has 0 saturated heterocycles. The molecule has 4 heteroatoms. The van der Waals surface area contributed by atoms with Crippen molar-refractivity contribution in [1.82, 2.24) is 0 Å². The summed E-state index contributed by atoms with van der Waals surface area (Å²) in [5, 5.41) is 2.63. The summed E-state index contributed by atoms with van der Waals surface area (Å²) in [5.74, 6) is 0. The van der Waals surface area contributed by atoms with Gasteiger partial charge in [0.05, 0.1) is 0 Å². The molecule has 0 aromatic heterocycles. The molecule has 0 heterocycles. The van der Waals surface area contributed by atoms with Gasteiger partial charge in [-0.1, -0.05) is 60.7 Å². The Morgan fingerprint density at radius 1 is 0.583 bits per heavy atom. The minimum absolute atomic E-state index is 0.174. The molecular weight excluding hydrogens is 328 g/mol. The molecule has 2 unspecified atom stereocenters. The number of hydrogen-bond donors (Lipinski definition) is 0. The van der Waals surface area contributed by atoms with Gasteiger partial charge in [-0.2, -0.15) is 0 Å². The Hall–Kier alpha value is -1.21. The molecule has 2 nitrogen and oxygen atoms in total. The zero-order valence-electron chi connectivity index (χ0n) is 15.7. The van der Waals surface area contributed by atoms with Crippen LogP contribution in [0.3, 0.4) is 0 Å². The lowest BCUT2D eigenvalue weighted by atomic mass is 10.4. The fourth-order valence-corrected chi connectivity index (χ4v) is 15.8. The first-order chi connectivity index (χ1) is 11.3. The van der Waals surface area contributed by atoms with E-state index in [2.05, 4.69) is 101 Å². The molecule has 0 bridgehead atoms. The minimum atomic E-state index is -2.33. The van der Waals surface area contributed by atoms with Crippen molar-refractivity contribution in [3.8, 4) is 0 Å². The minimum Gasteiger partial charge on any atom is -0.410 e. The maximum atomic E-state index is 6.72. The summed E-state index contributed by atoms with van der Waals surface area (Å²) in [5.41, 5.74) is 0. The monoisotopic (exact) mass is 358 g/mol. The van der Waals surface area contributed by atoms with Crippen LogP contribution in [0, 0.1) is 0 Å². The van der Waals surface area contributed by atoms with Gasteiger partial charge in [0.2, 0.25) is 15.7 Å². The summed E-state index contributed by atoms with van der Waals surface area (Å²) in [4.78, 5) is 0. The summed E-state index contributed by atoms with van der Waals surface area (Å²) in [6.45, 7) is 13.2. The van der Waals surface area contributed by atoms with Gasteiger partial charge in [-0.25, -0.2) is 0 Å². The molecule has 24 heavy (non-hydrogen) atoms. The van der Waals surface area contributed by atoms with Gasteiger partial charge in [0.15, 0.2) is 0 Å². The van der Waals surface area contributed by atoms with E-state index in [0.717, 1.165) is 0 Å². The van der Waals surface area contributed by atoms with Crippen molar-refractivity contribution >= 4 is 26.0 Å². The topological polar surface area (TPSA) is 18.5 Å². The molecule has 2 rings (SSSR count). The highest BCUT2D eigenvalue weighted by atomic mass is 29.3. The van der Waals surface area contributed by atoms with Crippen LogP contribution in [0.15, 0.2) is 60.7 Å². The van der Waals surface area contributed by atoms with Crippen molar-refractivity contribution in [3.63, 3.8) is 0 Å². The number of rotatable bonds is 7. The number of benzene rings is 2. The molecule has 0 N–H and O–H groups in total. The molecule has 0 saturated carbocycles. The summed E-state index contributed by atoms with van der Waals surface area (Å²) in [6.07, 6.45) is 0.348. The van der Waals surface area contributed by atoms with E-state index in [1.165, 1.54) is 10.4 Å². The Morgan fingerprint density at radius 2 is 0.875 bits per heavy atom. The molecule has 0 amide bonds. The third kappa shape index (κ3) is 3.88. The average Bonchev–Trinajstić information content (AvgIpc) is 2.55. The normalized spacial score (nSPS) is 16.8. The SMILES string of the molecule is CC(C)O[Si](C)(c1ccccc1)[Si](C)(OC(C)C)c1ccccc1. The molecule has 0 radical (unpaired) electrons. The van der Waals surface area contributed by atoms with Crippen molar-refractivity contribution in [1.29, 1.82) is 0 Å². The van der Waals surface area contributed by atoms with Crippen LogP contribution in [0.25, 0.3) is 0 Å². The third-order valence-corrected chi connectivity index (χ3v) is 19.0. The Kier molecular flexibility index (Phi) is 6.20. The smallest absolute Gasteiger partial charge is 0.243 e. The summed E-state index contributed by atoms with van der Waals surface area (Å²) in [7, 11) is -4.66. The maximum Gasteiger partial charge on any atom is 0.243 e. The molecule has 0 aliphatic heterocycles. The van der Waals surface area contributed by atoms with E-state index >= 15 is 0 Å². The summed E-state index contributed by atoms with van der Waals surface area (Å²) in [6, 6.07) is 21.4. The second-order valence-electron chi connectivity index (χ2n) is 7.13. The number of hydrogen-bond acceptors (Lipinski definition) is 2. The predicted octanol–water partition coefficient (Wildman–Crippen LogP) is 3.88. The van der Waals surface area contributed by atoms with Crippen LogP contribution in [0.2, 0.25) is 13.1 Å². The average molecular weight is 359 g/mol. The van der Waals surface area contributed by atoms with Crippen molar-refractivity contribution in [3.05, 3.63) is 60.7 Å². The highest BCUT2D eigenvalue weighted by Gasteiger charge is 2.56. The van der Waals surface area contributed by atoms with E-state index in [9.17, 15) is 0 Å². The van der Waals surface area contributed by atoms with Crippen molar-refractivity contribution < 1.29 is 8.85 Å². The van der Waals surface area contributed by atoms with E-state index in [1.54, 1.807) is 0 Å². The standard InChI is InChI=1S/C20H30O2Si2/c1-17(2)21-23(5,19-13-9-7-10-14-19)24(6,22-18(3)4)20-15-11-8-12-16-20/h7-18H,1-6H3. The van der Waals surface area contributed by atoms with E-state index < -0.39 is 15.7 Å². The summed E-state index contributed by atoms with van der Waals surface area (Å²) < 4.78 is 13.4. The van der Waals surface area contributed by atoms with Gasteiger partial charge >= 0.3 is 0 Å². The van der Waals surface area contributed by atoms with E-state index in [-0.39, 0.29) is 12.2 Å². The van der Waals surface area contributed by atoms with Gasteiger partial charge < -0.3 is 8.85 Å². The van der Waals surface area contributed by atoms with E-state index in [0.29, 0.717) is 0 Å². The van der Waals surface area contributed by atoms with Gasteiger partial charge in [-0.3, -0.25) is 0 Å². The predicted molar refractivity (Wildman–Crippen MR) is 108 cm³/mol. The molecule has 130 valence electrons. The van der Waals surface area contributed by atoms with Gasteiger partial charge in [-0.05, 0) is 51.2 Å². The van der Waals surface area contributed by atoms with Crippen LogP contribution in [0.1, 0.15) is 27.7 Å². The van der Waals surface area contributed by atoms with Crippen LogP contribution in [-0.4, -0.2) is 27.9 Å². The van der Waals surface area contributed by atoms with E-state index in [4.69, 9.17) is 8.85 Å². The van der Waals surface area contributed by atoms with Crippen LogP contribution in [0.5, 0.6) is 0 Å². The quantitative estimate of drug-likeness (QED) is 0.699. The van der Waals surface area contributed by atoms with Crippen LogP contribution in [0.4, 0.5) is 0 Å². The van der Waals surface area contributed by atoms with Crippen LogP contribution < -0.4 is 10.4 Å². The lowest BCUT2D eigenvalue weighted by molar-refractivity contribution is 0.216. The molecule has 2 aromatic carbocycles. The lowest BCUT2D eigenvalue weighted by Crippen LogP contribution is -2.76. The van der Waals surface area contributed by atoms with Gasteiger partial charge in [0.1, 0.15) is 0 Å². The molecule has 0 aliphatic carbocycles. The van der Waals surface area contributed by atoms with Crippen LogP contribution >= 0.6 is 0 Å². The highest BCUT2D eigenvalue weighted by Crippen LogP contribution is 2.25. The first kappa shape index (κ1) is 19.1.